The maximum Gasteiger partial charge on any atom is 0.340 e. The Morgan fingerprint density at radius 3 is 2.45 bits per heavy atom. The molecule has 31 heavy (non-hydrogen) atoms. The minimum absolute atomic E-state index is 0.0107. The number of ether oxygens (including phenoxy) is 1. The minimum Gasteiger partial charge on any atom is -0.452 e. The van der Waals surface area contributed by atoms with Crippen molar-refractivity contribution in [3.8, 4) is 0 Å². The summed E-state index contributed by atoms with van der Waals surface area (Å²) in [6.45, 7) is -0.110. The van der Waals surface area contributed by atoms with Crippen molar-refractivity contribution in [3.63, 3.8) is 0 Å². The molecule has 0 bridgehead atoms. The SMILES string of the molecule is O=C(COC(=O)c1ccccc1NS(=O)(=O)c1cccs1)NCCc1ccc(Cl)cc1. The maximum absolute atomic E-state index is 12.4. The molecule has 2 N–H and O–H groups in total. The second-order valence-corrected chi connectivity index (χ2v) is 9.68. The third-order valence-electron chi connectivity index (χ3n) is 4.13. The van der Waals surface area contributed by atoms with Crippen LogP contribution in [0.25, 0.3) is 0 Å². The zero-order chi connectivity index (χ0) is 22.3. The van der Waals surface area contributed by atoms with Crippen LogP contribution in [0.4, 0.5) is 5.69 Å². The van der Waals surface area contributed by atoms with Gasteiger partial charge in [0, 0.05) is 11.6 Å². The van der Waals surface area contributed by atoms with Crippen LogP contribution in [0.2, 0.25) is 5.02 Å². The Kier molecular flexibility index (Phi) is 7.67. The molecule has 1 heterocycles. The van der Waals surface area contributed by atoms with E-state index in [2.05, 4.69) is 10.0 Å². The fraction of sp³-hybridized carbons (Fsp3) is 0.143. The molecule has 0 atom stereocenters. The van der Waals surface area contributed by atoms with Crippen LogP contribution in [0, 0.1) is 0 Å². The summed E-state index contributed by atoms with van der Waals surface area (Å²) >= 11 is 6.89. The van der Waals surface area contributed by atoms with Gasteiger partial charge in [-0.05, 0) is 47.7 Å². The Bertz CT molecular complexity index is 1150. The molecule has 10 heteroatoms. The summed E-state index contributed by atoms with van der Waals surface area (Å²) in [6, 6.07) is 16.4. The number of hydrogen-bond donors (Lipinski definition) is 2. The Hall–Kier alpha value is -2.88. The molecule has 0 radical (unpaired) electrons. The molecule has 2 aromatic carbocycles. The second kappa shape index (κ2) is 10.4. The highest BCUT2D eigenvalue weighted by atomic mass is 35.5. The quantitative estimate of drug-likeness (QED) is 0.456. The maximum atomic E-state index is 12.4. The molecule has 0 unspecified atom stereocenters. The number of rotatable bonds is 9. The molecular formula is C21H19ClN2O5S2. The van der Waals surface area contributed by atoms with Gasteiger partial charge in [0.15, 0.2) is 6.61 Å². The van der Waals surface area contributed by atoms with Gasteiger partial charge in [-0.2, -0.15) is 0 Å². The number of sulfonamides is 1. The lowest BCUT2D eigenvalue weighted by atomic mass is 10.1. The molecule has 3 aromatic rings. The Morgan fingerprint density at radius 1 is 1.00 bits per heavy atom. The number of para-hydroxylation sites is 1. The van der Waals surface area contributed by atoms with Crippen LogP contribution >= 0.6 is 22.9 Å². The average molecular weight is 479 g/mol. The van der Waals surface area contributed by atoms with Gasteiger partial charge in [-0.15, -0.1) is 11.3 Å². The normalized spacial score (nSPS) is 11.0. The summed E-state index contributed by atoms with van der Waals surface area (Å²) in [7, 11) is -3.83. The van der Waals surface area contributed by atoms with Crippen LogP contribution in [0.3, 0.4) is 0 Å². The second-order valence-electron chi connectivity index (χ2n) is 6.39. The number of nitrogens with one attached hydrogen (secondary N) is 2. The zero-order valence-electron chi connectivity index (χ0n) is 16.2. The number of carbonyl (C=O) groups is 2. The molecule has 0 aliphatic heterocycles. The first-order valence-electron chi connectivity index (χ1n) is 9.19. The molecule has 0 aliphatic carbocycles. The summed E-state index contributed by atoms with van der Waals surface area (Å²) in [5.41, 5.74) is 1.09. The number of halogens is 1. The first-order valence-corrected chi connectivity index (χ1v) is 11.9. The topological polar surface area (TPSA) is 102 Å². The fourth-order valence-corrected chi connectivity index (χ4v) is 4.82. The van der Waals surface area contributed by atoms with Gasteiger partial charge in [-0.1, -0.05) is 41.9 Å². The van der Waals surface area contributed by atoms with E-state index in [-0.39, 0.29) is 15.5 Å². The minimum atomic E-state index is -3.83. The number of thiophene rings is 1. The van der Waals surface area contributed by atoms with E-state index in [1.165, 1.54) is 18.2 Å². The molecule has 0 saturated heterocycles. The average Bonchev–Trinajstić information content (AvgIpc) is 3.30. The summed E-state index contributed by atoms with van der Waals surface area (Å²) in [6.07, 6.45) is 0.601. The van der Waals surface area contributed by atoms with Crippen LogP contribution in [0.5, 0.6) is 0 Å². The van der Waals surface area contributed by atoms with Gasteiger partial charge in [0.05, 0.1) is 11.3 Å². The molecule has 162 valence electrons. The van der Waals surface area contributed by atoms with Crippen LogP contribution in [0.15, 0.2) is 70.3 Å². The van der Waals surface area contributed by atoms with E-state index in [9.17, 15) is 18.0 Å². The van der Waals surface area contributed by atoms with E-state index in [1.54, 1.807) is 35.7 Å². The van der Waals surface area contributed by atoms with Crippen molar-refractivity contribution in [2.24, 2.45) is 0 Å². The third-order valence-corrected chi connectivity index (χ3v) is 7.15. The van der Waals surface area contributed by atoms with E-state index >= 15 is 0 Å². The third kappa shape index (κ3) is 6.55. The number of benzene rings is 2. The number of hydrogen-bond acceptors (Lipinski definition) is 6. The van der Waals surface area contributed by atoms with Crippen molar-refractivity contribution in [2.45, 2.75) is 10.6 Å². The van der Waals surface area contributed by atoms with Crippen molar-refractivity contribution < 1.29 is 22.7 Å². The highest BCUT2D eigenvalue weighted by Gasteiger charge is 2.20. The molecule has 7 nitrogen and oxygen atoms in total. The van der Waals surface area contributed by atoms with E-state index in [1.807, 2.05) is 12.1 Å². The highest BCUT2D eigenvalue weighted by Crippen LogP contribution is 2.23. The van der Waals surface area contributed by atoms with Crippen molar-refractivity contribution >= 4 is 50.5 Å². The van der Waals surface area contributed by atoms with E-state index in [4.69, 9.17) is 16.3 Å². The van der Waals surface area contributed by atoms with Gasteiger partial charge in [0.2, 0.25) is 0 Å². The van der Waals surface area contributed by atoms with Crippen LogP contribution < -0.4 is 10.0 Å². The lowest BCUT2D eigenvalue weighted by Gasteiger charge is -2.11. The van der Waals surface area contributed by atoms with E-state index in [0.29, 0.717) is 18.0 Å². The lowest BCUT2D eigenvalue weighted by molar-refractivity contribution is -0.124. The van der Waals surface area contributed by atoms with E-state index < -0.39 is 28.5 Å². The molecule has 0 aliphatic rings. The molecule has 3 rings (SSSR count). The van der Waals surface area contributed by atoms with Gasteiger partial charge >= 0.3 is 5.97 Å². The monoisotopic (exact) mass is 478 g/mol. The summed E-state index contributed by atoms with van der Waals surface area (Å²) in [4.78, 5) is 24.4. The Morgan fingerprint density at radius 2 is 1.74 bits per heavy atom. The molecule has 1 amide bonds. The predicted octanol–water partition coefficient (Wildman–Crippen LogP) is 3.72. The van der Waals surface area contributed by atoms with Gasteiger partial charge < -0.3 is 10.1 Å². The highest BCUT2D eigenvalue weighted by molar-refractivity contribution is 7.94. The first-order chi connectivity index (χ1) is 14.8. The first kappa shape index (κ1) is 22.8. The molecular weight excluding hydrogens is 460 g/mol. The fourth-order valence-electron chi connectivity index (χ4n) is 2.62. The summed E-state index contributed by atoms with van der Waals surface area (Å²) in [5, 5.41) is 4.94. The van der Waals surface area contributed by atoms with Gasteiger partial charge in [-0.3, -0.25) is 9.52 Å². The standard InChI is InChI=1S/C21H19ClN2O5S2/c22-16-9-7-15(8-10-16)11-12-23-19(25)14-29-21(26)17-4-1-2-5-18(17)24-31(27,28)20-6-3-13-30-20/h1-10,13,24H,11-12,14H2,(H,23,25). The van der Waals surface area contributed by atoms with Crippen molar-refractivity contribution in [1.82, 2.24) is 5.32 Å². The number of esters is 1. The van der Waals surface area contributed by atoms with Gasteiger partial charge in [0.1, 0.15) is 4.21 Å². The van der Waals surface area contributed by atoms with Crippen molar-refractivity contribution in [1.29, 1.82) is 0 Å². The van der Waals surface area contributed by atoms with Crippen LogP contribution in [-0.4, -0.2) is 33.4 Å². The van der Waals surface area contributed by atoms with Crippen LogP contribution in [0.1, 0.15) is 15.9 Å². The van der Waals surface area contributed by atoms with E-state index in [0.717, 1.165) is 16.9 Å². The number of carbonyl (C=O) groups excluding carboxylic acids is 2. The predicted molar refractivity (Wildman–Crippen MR) is 120 cm³/mol. The molecule has 1 aromatic heterocycles. The molecule has 0 fully saturated rings. The van der Waals surface area contributed by atoms with Crippen molar-refractivity contribution in [2.75, 3.05) is 17.9 Å². The Labute approximate surface area is 189 Å². The number of anilines is 1. The lowest BCUT2D eigenvalue weighted by Crippen LogP contribution is -2.30. The molecule has 0 spiro atoms. The smallest absolute Gasteiger partial charge is 0.340 e. The zero-order valence-corrected chi connectivity index (χ0v) is 18.6. The van der Waals surface area contributed by atoms with Gasteiger partial charge in [-0.25, -0.2) is 13.2 Å². The number of amides is 1. The molecule has 0 saturated carbocycles. The van der Waals surface area contributed by atoms with Gasteiger partial charge in [0.25, 0.3) is 15.9 Å². The Balaban J connectivity index is 1.53. The summed E-state index contributed by atoms with van der Waals surface area (Å²) in [5.74, 6) is -1.27. The van der Waals surface area contributed by atoms with Crippen LogP contribution in [-0.2, 0) is 26.0 Å². The largest absolute Gasteiger partial charge is 0.452 e. The van der Waals surface area contributed by atoms with Crippen molar-refractivity contribution in [3.05, 3.63) is 82.2 Å². The summed E-state index contributed by atoms with van der Waals surface area (Å²) < 4.78 is 32.4.